The molecule has 1 atom stereocenters. The summed E-state index contributed by atoms with van der Waals surface area (Å²) in [6.45, 7) is 2.39. The number of furan rings is 1. The maximum Gasteiger partial charge on any atom is 0.296 e. The van der Waals surface area contributed by atoms with Crippen molar-refractivity contribution in [2.24, 2.45) is 0 Å². The third-order valence-electron chi connectivity index (χ3n) is 5.25. The van der Waals surface area contributed by atoms with Crippen LogP contribution in [0.25, 0.3) is 5.76 Å². The van der Waals surface area contributed by atoms with Crippen molar-refractivity contribution in [3.05, 3.63) is 99.5 Å². The highest BCUT2D eigenvalue weighted by Crippen LogP contribution is 2.40. The van der Waals surface area contributed by atoms with Gasteiger partial charge < -0.3 is 19.2 Å². The van der Waals surface area contributed by atoms with E-state index in [1.807, 2.05) is 6.92 Å². The van der Waals surface area contributed by atoms with Gasteiger partial charge >= 0.3 is 0 Å². The highest BCUT2D eigenvalue weighted by Gasteiger charge is 2.47. The van der Waals surface area contributed by atoms with Gasteiger partial charge in [0.15, 0.2) is 0 Å². The minimum Gasteiger partial charge on any atom is -0.507 e. The fraction of sp³-hybridized carbons (Fsp3) is 0.167. The fourth-order valence-electron chi connectivity index (χ4n) is 3.80. The summed E-state index contributed by atoms with van der Waals surface area (Å²) in [6, 6.07) is 14.6. The van der Waals surface area contributed by atoms with Crippen molar-refractivity contribution in [1.29, 1.82) is 0 Å². The van der Waals surface area contributed by atoms with Crippen molar-refractivity contribution in [1.82, 2.24) is 4.90 Å². The molecule has 1 N–H and O–H groups in total. The number of amides is 1. The molecular weight excluding hydrogens is 428 g/mol. The Labute approximate surface area is 188 Å². The molecule has 1 fully saturated rings. The molecule has 168 valence electrons. The van der Waals surface area contributed by atoms with Gasteiger partial charge in [-0.2, -0.15) is 0 Å². The Morgan fingerprint density at radius 1 is 1.15 bits per heavy atom. The number of nitro benzene ring substituents is 1. The zero-order valence-corrected chi connectivity index (χ0v) is 17.6. The van der Waals surface area contributed by atoms with Crippen LogP contribution in [0.5, 0.6) is 5.75 Å². The number of hydrogen-bond donors (Lipinski definition) is 1. The van der Waals surface area contributed by atoms with Gasteiger partial charge in [0.2, 0.25) is 0 Å². The number of ketones is 1. The predicted molar refractivity (Wildman–Crippen MR) is 117 cm³/mol. The van der Waals surface area contributed by atoms with Gasteiger partial charge in [-0.25, -0.2) is 0 Å². The van der Waals surface area contributed by atoms with Gasteiger partial charge in [-0.05, 0) is 36.8 Å². The maximum absolute atomic E-state index is 13.0. The number of carbonyl (C=O) groups excluding carboxylic acids is 2. The van der Waals surface area contributed by atoms with E-state index in [0.29, 0.717) is 12.4 Å². The normalized spacial score (nSPS) is 17.4. The lowest BCUT2D eigenvalue weighted by molar-refractivity contribution is -0.384. The van der Waals surface area contributed by atoms with Gasteiger partial charge in [0, 0.05) is 24.2 Å². The topological polar surface area (TPSA) is 123 Å². The largest absolute Gasteiger partial charge is 0.507 e. The van der Waals surface area contributed by atoms with Crippen molar-refractivity contribution >= 4 is 23.1 Å². The van der Waals surface area contributed by atoms with Crippen molar-refractivity contribution in [3.63, 3.8) is 0 Å². The second-order valence-corrected chi connectivity index (χ2v) is 7.33. The molecule has 2 aromatic carbocycles. The van der Waals surface area contributed by atoms with E-state index in [0.717, 1.165) is 11.6 Å². The van der Waals surface area contributed by atoms with Gasteiger partial charge in [-0.15, -0.1) is 0 Å². The van der Waals surface area contributed by atoms with E-state index in [4.69, 9.17) is 9.15 Å². The lowest BCUT2D eigenvalue weighted by Crippen LogP contribution is -2.29. The van der Waals surface area contributed by atoms with Crippen LogP contribution in [0.4, 0.5) is 5.69 Å². The maximum atomic E-state index is 13.0. The Balaban J connectivity index is 1.80. The van der Waals surface area contributed by atoms with E-state index in [9.17, 15) is 24.8 Å². The summed E-state index contributed by atoms with van der Waals surface area (Å²) >= 11 is 0. The molecule has 9 heteroatoms. The molecule has 2 heterocycles. The SMILES string of the molecule is CCOc1cccc(CN2C(=O)C(=O)/C(=C(\O)c3cccc([N+](=O)[O-])c3)C2c2ccco2)c1. The Hall–Kier alpha value is -4.40. The van der Waals surface area contributed by atoms with E-state index in [1.54, 1.807) is 36.4 Å². The summed E-state index contributed by atoms with van der Waals surface area (Å²) < 4.78 is 11.0. The molecule has 1 aromatic heterocycles. The number of aliphatic hydroxyl groups excluding tert-OH is 1. The summed E-state index contributed by atoms with van der Waals surface area (Å²) in [6.07, 6.45) is 1.40. The van der Waals surface area contributed by atoms with Crippen LogP contribution in [0.2, 0.25) is 0 Å². The number of nitrogens with zero attached hydrogens (tertiary/aromatic N) is 2. The van der Waals surface area contributed by atoms with Gasteiger partial charge in [-0.1, -0.05) is 24.3 Å². The fourth-order valence-corrected chi connectivity index (χ4v) is 3.80. The van der Waals surface area contributed by atoms with Crippen LogP contribution in [0.15, 0.2) is 76.9 Å². The Morgan fingerprint density at radius 3 is 2.64 bits per heavy atom. The number of aliphatic hydroxyl groups is 1. The number of non-ortho nitro benzene ring substituents is 1. The zero-order valence-electron chi connectivity index (χ0n) is 17.6. The molecule has 1 aliphatic rings. The lowest BCUT2D eigenvalue weighted by atomic mass is 9.99. The molecule has 4 rings (SSSR count). The number of likely N-dealkylation sites (tertiary alicyclic amines) is 1. The minimum absolute atomic E-state index is 0.0529. The standard InChI is InChI=1S/C24H20N2O7/c1-2-32-18-9-3-6-15(12-18)14-25-21(19-10-5-11-33-19)20(23(28)24(25)29)22(27)16-7-4-8-17(13-16)26(30)31/h3-13,21,27H,2,14H2,1H3/b22-20-. The van der Waals surface area contributed by atoms with Crippen molar-refractivity contribution in [2.45, 2.75) is 19.5 Å². The van der Waals surface area contributed by atoms with Crippen molar-refractivity contribution in [3.8, 4) is 5.75 Å². The van der Waals surface area contributed by atoms with Crippen LogP contribution < -0.4 is 4.74 Å². The zero-order chi connectivity index (χ0) is 23.5. The quantitative estimate of drug-likeness (QED) is 0.189. The van der Waals surface area contributed by atoms with Gasteiger partial charge in [0.25, 0.3) is 17.4 Å². The summed E-state index contributed by atoms with van der Waals surface area (Å²) in [5.74, 6) is -1.32. The van der Waals surface area contributed by atoms with Gasteiger partial charge in [0.05, 0.1) is 23.4 Å². The number of benzene rings is 2. The molecule has 0 bridgehead atoms. The van der Waals surface area contributed by atoms with E-state index in [1.165, 1.54) is 29.4 Å². The molecule has 0 saturated carbocycles. The molecule has 1 amide bonds. The molecule has 1 saturated heterocycles. The van der Waals surface area contributed by atoms with Crippen LogP contribution in [0.1, 0.15) is 29.9 Å². The molecule has 3 aromatic rings. The summed E-state index contributed by atoms with van der Waals surface area (Å²) in [7, 11) is 0. The molecule has 9 nitrogen and oxygen atoms in total. The molecule has 0 spiro atoms. The number of Topliss-reactive ketones (excluding diaryl/α,β-unsaturated/α-hetero) is 1. The van der Waals surface area contributed by atoms with Gasteiger partial charge in [-0.3, -0.25) is 19.7 Å². The van der Waals surface area contributed by atoms with Crippen LogP contribution in [0, 0.1) is 10.1 Å². The van der Waals surface area contributed by atoms with E-state index < -0.39 is 28.4 Å². The first-order valence-corrected chi connectivity index (χ1v) is 10.2. The number of nitro groups is 1. The minimum atomic E-state index is -1.00. The third-order valence-corrected chi connectivity index (χ3v) is 5.25. The monoisotopic (exact) mass is 448 g/mol. The second-order valence-electron chi connectivity index (χ2n) is 7.33. The summed E-state index contributed by atoms with van der Waals surface area (Å²) in [5.41, 5.74) is 0.318. The molecule has 33 heavy (non-hydrogen) atoms. The highest BCUT2D eigenvalue weighted by molar-refractivity contribution is 6.46. The lowest BCUT2D eigenvalue weighted by Gasteiger charge is -2.23. The van der Waals surface area contributed by atoms with Gasteiger partial charge in [0.1, 0.15) is 23.3 Å². The number of carbonyl (C=O) groups is 2. The van der Waals surface area contributed by atoms with Crippen molar-refractivity contribution < 1.29 is 28.8 Å². The summed E-state index contributed by atoms with van der Waals surface area (Å²) in [4.78, 5) is 37.8. The summed E-state index contributed by atoms with van der Waals surface area (Å²) in [5, 5.41) is 22.1. The average Bonchev–Trinajstić information content (AvgIpc) is 3.42. The first-order chi connectivity index (χ1) is 15.9. The first-order valence-electron chi connectivity index (χ1n) is 10.2. The predicted octanol–water partition coefficient (Wildman–Crippen LogP) is 4.21. The van der Waals surface area contributed by atoms with Crippen LogP contribution in [0.3, 0.4) is 0 Å². The molecule has 1 aliphatic heterocycles. The third kappa shape index (κ3) is 4.20. The van der Waals surface area contributed by atoms with Crippen LogP contribution >= 0.6 is 0 Å². The smallest absolute Gasteiger partial charge is 0.296 e. The number of ether oxygens (including phenoxy) is 1. The molecule has 0 aliphatic carbocycles. The molecule has 0 radical (unpaired) electrons. The second kappa shape index (κ2) is 8.99. The van der Waals surface area contributed by atoms with Crippen LogP contribution in [-0.4, -0.2) is 33.2 Å². The number of hydrogen-bond acceptors (Lipinski definition) is 7. The number of rotatable bonds is 7. The Bertz CT molecular complexity index is 1250. The van der Waals surface area contributed by atoms with E-state index in [2.05, 4.69) is 0 Å². The highest BCUT2D eigenvalue weighted by atomic mass is 16.6. The molecular formula is C24H20N2O7. The van der Waals surface area contributed by atoms with Crippen molar-refractivity contribution in [2.75, 3.05) is 6.61 Å². The first kappa shape index (κ1) is 21.8. The Morgan fingerprint density at radius 2 is 1.94 bits per heavy atom. The van der Waals surface area contributed by atoms with E-state index in [-0.39, 0.29) is 29.1 Å². The van der Waals surface area contributed by atoms with E-state index >= 15 is 0 Å². The molecule has 1 unspecified atom stereocenters. The van der Waals surface area contributed by atoms with Crippen LogP contribution in [-0.2, 0) is 16.1 Å². The average molecular weight is 448 g/mol. The Kier molecular flexibility index (Phi) is 5.95.